The first kappa shape index (κ1) is 11.9. The lowest BCUT2D eigenvalue weighted by atomic mass is 10.1. The molecule has 0 aromatic rings. The fourth-order valence-electron chi connectivity index (χ4n) is 1.53. The minimum absolute atomic E-state index is 0.335. The highest BCUT2D eigenvalue weighted by Gasteiger charge is 2.30. The average Bonchev–Trinajstić information content (AvgIpc) is 2.60. The summed E-state index contributed by atoms with van der Waals surface area (Å²) in [4.78, 5) is 22.2. The highest BCUT2D eigenvalue weighted by atomic mass is 16.4. The van der Waals surface area contributed by atoms with Gasteiger partial charge in [-0.3, -0.25) is 4.79 Å². The van der Waals surface area contributed by atoms with Crippen LogP contribution in [0.15, 0.2) is 0 Å². The number of carbonyl (C=O) groups is 2. The van der Waals surface area contributed by atoms with Crippen LogP contribution >= 0.6 is 0 Å². The molecule has 1 saturated heterocycles. The number of hydrogen-bond donors (Lipinski definition) is 4. The molecule has 0 aromatic heterocycles. The van der Waals surface area contributed by atoms with Crippen LogP contribution in [0.4, 0.5) is 0 Å². The van der Waals surface area contributed by atoms with Crippen LogP contribution in [0.25, 0.3) is 0 Å². The van der Waals surface area contributed by atoms with E-state index in [1.165, 1.54) is 0 Å². The van der Waals surface area contributed by atoms with Crippen molar-refractivity contribution in [2.24, 2.45) is 0 Å². The van der Waals surface area contributed by atoms with Crippen LogP contribution in [0, 0.1) is 0 Å². The van der Waals surface area contributed by atoms with Crippen molar-refractivity contribution < 1.29 is 19.8 Å². The van der Waals surface area contributed by atoms with Gasteiger partial charge in [-0.2, -0.15) is 0 Å². The molecule has 86 valence electrons. The molecule has 0 bridgehead atoms. The van der Waals surface area contributed by atoms with Crippen LogP contribution in [0.5, 0.6) is 0 Å². The van der Waals surface area contributed by atoms with Crippen molar-refractivity contribution in [3.8, 4) is 0 Å². The van der Waals surface area contributed by atoms with E-state index in [9.17, 15) is 14.7 Å². The second-order valence-corrected chi connectivity index (χ2v) is 3.66. The van der Waals surface area contributed by atoms with E-state index in [2.05, 4.69) is 10.6 Å². The van der Waals surface area contributed by atoms with Crippen LogP contribution in [0.1, 0.15) is 19.8 Å². The summed E-state index contributed by atoms with van der Waals surface area (Å²) in [6.45, 7) is 2.07. The van der Waals surface area contributed by atoms with E-state index >= 15 is 0 Å². The number of rotatable bonds is 4. The van der Waals surface area contributed by atoms with Crippen molar-refractivity contribution in [3.63, 3.8) is 0 Å². The SMILES string of the molecule is CC[C@H](NC(=O)C1CC(O)CN1)C(=O)O. The Morgan fingerprint density at radius 1 is 1.60 bits per heavy atom. The normalized spacial score (nSPS) is 27.3. The summed E-state index contributed by atoms with van der Waals surface area (Å²) in [5.41, 5.74) is 0. The number of aliphatic carboxylic acids is 1. The quantitative estimate of drug-likeness (QED) is 0.467. The van der Waals surface area contributed by atoms with Gasteiger partial charge in [0.1, 0.15) is 6.04 Å². The predicted octanol–water partition coefficient (Wildman–Crippen LogP) is -1.31. The fourth-order valence-corrected chi connectivity index (χ4v) is 1.53. The first-order valence-corrected chi connectivity index (χ1v) is 4.99. The van der Waals surface area contributed by atoms with Gasteiger partial charge in [0.15, 0.2) is 0 Å². The molecule has 0 saturated carbocycles. The zero-order valence-electron chi connectivity index (χ0n) is 8.56. The van der Waals surface area contributed by atoms with Crippen LogP contribution in [-0.4, -0.2) is 46.8 Å². The first-order valence-electron chi connectivity index (χ1n) is 4.99. The van der Waals surface area contributed by atoms with Crippen molar-refractivity contribution in [3.05, 3.63) is 0 Å². The third kappa shape index (κ3) is 3.17. The monoisotopic (exact) mass is 216 g/mol. The van der Waals surface area contributed by atoms with Gasteiger partial charge in [-0.1, -0.05) is 6.92 Å². The van der Waals surface area contributed by atoms with E-state index in [1.807, 2.05) is 0 Å². The Bertz CT molecular complexity index is 256. The minimum atomic E-state index is -1.04. The molecule has 6 heteroatoms. The second-order valence-electron chi connectivity index (χ2n) is 3.66. The summed E-state index contributed by atoms with van der Waals surface area (Å²) in [6.07, 6.45) is 0.156. The van der Waals surface area contributed by atoms with Crippen molar-refractivity contribution >= 4 is 11.9 Å². The Morgan fingerprint density at radius 2 is 2.27 bits per heavy atom. The molecule has 0 aliphatic carbocycles. The third-order valence-corrected chi connectivity index (χ3v) is 2.45. The molecule has 0 spiro atoms. The highest BCUT2D eigenvalue weighted by Crippen LogP contribution is 2.06. The van der Waals surface area contributed by atoms with Gasteiger partial charge in [0.05, 0.1) is 12.1 Å². The van der Waals surface area contributed by atoms with E-state index in [0.717, 1.165) is 0 Å². The summed E-state index contributed by atoms with van der Waals surface area (Å²) in [6, 6.07) is -1.33. The maximum absolute atomic E-state index is 11.5. The van der Waals surface area contributed by atoms with Gasteiger partial charge >= 0.3 is 5.97 Å². The van der Waals surface area contributed by atoms with Gasteiger partial charge in [-0.25, -0.2) is 4.79 Å². The van der Waals surface area contributed by atoms with Crippen LogP contribution in [0.2, 0.25) is 0 Å². The minimum Gasteiger partial charge on any atom is -0.480 e. The Hall–Kier alpha value is -1.14. The molecule has 15 heavy (non-hydrogen) atoms. The summed E-state index contributed by atoms with van der Waals surface area (Å²) < 4.78 is 0. The lowest BCUT2D eigenvalue weighted by molar-refractivity contribution is -0.142. The Kier molecular flexibility index (Phi) is 4.05. The molecule has 0 radical (unpaired) electrons. The van der Waals surface area contributed by atoms with Crippen LogP contribution in [-0.2, 0) is 9.59 Å². The van der Waals surface area contributed by atoms with Crippen molar-refractivity contribution in [1.29, 1.82) is 0 Å². The van der Waals surface area contributed by atoms with E-state index in [4.69, 9.17) is 5.11 Å². The van der Waals surface area contributed by atoms with Crippen LogP contribution in [0.3, 0.4) is 0 Å². The molecule has 1 fully saturated rings. The van der Waals surface area contributed by atoms with E-state index in [-0.39, 0.29) is 5.91 Å². The van der Waals surface area contributed by atoms with E-state index < -0.39 is 24.2 Å². The summed E-state index contributed by atoms with van der Waals surface area (Å²) >= 11 is 0. The number of amides is 1. The zero-order valence-corrected chi connectivity index (χ0v) is 8.56. The number of hydrogen-bond acceptors (Lipinski definition) is 4. The number of nitrogens with one attached hydrogen (secondary N) is 2. The molecule has 1 heterocycles. The largest absolute Gasteiger partial charge is 0.480 e. The molecular formula is C9H16N2O4. The lowest BCUT2D eigenvalue weighted by Gasteiger charge is -2.15. The highest BCUT2D eigenvalue weighted by molar-refractivity contribution is 5.87. The van der Waals surface area contributed by atoms with E-state index in [1.54, 1.807) is 6.92 Å². The molecule has 2 unspecified atom stereocenters. The topological polar surface area (TPSA) is 98.7 Å². The number of aliphatic hydroxyl groups excluding tert-OH is 1. The van der Waals surface area contributed by atoms with Gasteiger partial charge < -0.3 is 20.8 Å². The maximum Gasteiger partial charge on any atom is 0.326 e. The average molecular weight is 216 g/mol. The summed E-state index contributed by atoms with van der Waals surface area (Å²) in [5.74, 6) is -1.40. The van der Waals surface area contributed by atoms with Crippen LogP contribution < -0.4 is 10.6 Å². The molecule has 1 aliphatic heterocycles. The number of β-amino-alcohol motifs (C(OH)–C–C–N with tert-alkyl or cyclic N) is 1. The van der Waals surface area contributed by atoms with Crippen molar-refractivity contribution in [2.45, 2.75) is 38.0 Å². The molecular weight excluding hydrogens is 200 g/mol. The number of carboxylic acid groups (broad SMARTS) is 1. The standard InChI is InChI=1S/C9H16N2O4/c1-2-6(9(14)15)11-8(13)7-3-5(12)4-10-7/h5-7,10,12H,2-4H2,1H3,(H,11,13)(H,14,15)/t5?,6-,7?/m0/s1. The van der Waals surface area contributed by atoms with Gasteiger partial charge in [-0.05, 0) is 12.8 Å². The number of aliphatic hydroxyl groups is 1. The zero-order chi connectivity index (χ0) is 11.4. The number of carbonyl (C=O) groups excluding carboxylic acids is 1. The molecule has 4 N–H and O–H groups in total. The smallest absolute Gasteiger partial charge is 0.326 e. The number of carboxylic acids is 1. The first-order chi connectivity index (χ1) is 7.04. The molecule has 1 aliphatic rings. The lowest BCUT2D eigenvalue weighted by Crippen LogP contribution is -2.47. The Labute approximate surface area is 87.7 Å². The molecule has 3 atom stereocenters. The molecule has 1 amide bonds. The van der Waals surface area contributed by atoms with Gasteiger partial charge in [-0.15, -0.1) is 0 Å². The third-order valence-electron chi connectivity index (χ3n) is 2.45. The Balaban J connectivity index is 2.44. The maximum atomic E-state index is 11.5. The van der Waals surface area contributed by atoms with Gasteiger partial charge in [0.25, 0.3) is 0 Å². The van der Waals surface area contributed by atoms with Gasteiger partial charge in [0, 0.05) is 6.54 Å². The molecule has 0 aromatic carbocycles. The van der Waals surface area contributed by atoms with Crippen molar-refractivity contribution in [1.82, 2.24) is 10.6 Å². The van der Waals surface area contributed by atoms with Gasteiger partial charge in [0.2, 0.25) is 5.91 Å². The second kappa shape index (κ2) is 5.09. The van der Waals surface area contributed by atoms with E-state index in [0.29, 0.717) is 19.4 Å². The predicted molar refractivity (Wildman–Crippen MR) is 52.3 cm³/mol. The van der Waals surface area contributed by atoms with Crippen molar-refractivity contribution in [2.75, 3.05) is 6.54 Å². The molecule has 6 nitrogen and oxygen atoms in total. The fraction of sp³-hybridized carbons (Fsp3) is 0.778. The Morgan fingerprint density at radius 3 is 2.67 bits per heavy atom. The summed E-state index contributed by atoms with van der Waals surface area (Å²) in [7, 11) is 0. The summed E-state index contributed by atoms with van der Waals surface area (Å²) in [5, 5.41) is 23.2. The molecule has 1 rings (SSSR count).